The summed E-state index contributed by atoms with van der Waals surface area (Å²) < 4.78 is 18.0. The average molecular weight is 665 g/mol. The van der Waals surface area contributed by atoms with Crippen molar-refractivity contribution >= 4 is 87.5 Å². The predicted octanol–water partition coefficient (Wildman–Crippen LogP) is 13.3. The van der Waals surface area contributed by atoms with Crippen molar-refractivity contribution in [3.63, 3.8) is 0 Å². The van der Waals surface area contributed by atoms with Gasteiger partial charge in [-0.05, 0) is 60.2 Å². The first kappa shape index (κ1) is 27.7. The molecule has 0 saturated carbocycles. The Morgan fingerprint density at radius 1 is 0.346 bits per heavy atom. The fourth-order valence-corrected chi connectivity index (χ4v) is 8.71. The van der Waals surface area contributed by atoms with Crippen LogP contribution in [0.15, 0.2) is 179 Å². The molecule has 12 rings (SSSR count). The van der Waals surface area contributed by atoms with E-state index in [-0.39, 0.29) is 0 Å². The predicted molar refractivity (Wildman–Crippen MR) is 215 cm³/mol. The maximum Gasteiger partial charge on any atom is 0.145 e. The number of fused-ring (bicyclic) bond motifs is 13. The van der Waals surface area contributed by atoms with Crippen LogP contribution in [0.2, 0.25) is 0 Å². The number of nitrogens with zero attached hydrogens (tertiary/aromatic N) is 2. The van der Waals surface area contributed by atoms with Gasteiger partial charge in [0.2, 0.25) is 0 Å². The summed E-state index contributed by atoms with van der Waals surface area (Å²) in [6.07, 6.45) is 0. The molecule has 0 saturated heterocycles. The van der Waals surface area contributed by atoms with Crippen LogP contribution in [0.5, 0.6) is 0 Å². The highest BCUT2D eigenvalue weighted by molar-refractivity contribution is 6.25. The van der Waals surface area contributed by atoms with Gasteiger partial charge in [0.25, 0.3) is 0 Å². The van der Waals surface area contributed by atoms with Gasteiger partial charge in [0, 0.05) is 49.0 Å². The molecule has 4 nitrogen and oxygen atoms in total. The highest BCUT2D eigenvalue weighted by Gasteiger charge is 2.23. The first-order chi connectivity index (χ1) is 25.8. The molecule has 12 aromatic rings. The van der Waals surface area contributed by atoms with E-state index in [1.807, 2.05) is 18.2 Å². The second-order valence-electron chi connectivity index (χ2n) is 13.6. The Balaban J connectivity index is 1.17. The summed E-state index contributed by atoms with van der Waals surface area (Å²) in [6.45, 7) is 0. The van der Waals surface area contributed by atoms with Gasteiger partial charge in [-0.15, -0.1) is 0 Å². The van der Waals surface area contributed by atoms with Crippen molar-refractivity contribution in [3.05, 3.63) is 170 Å². The van der Waals surface area contributed by atoms with E-state index in [4.69, 9.17) is 8.83 Å². The number of para-hydroxylation sites is 6. The van der Waals surface area contributed by atoms with Crippen molar-refractivity contribution in [1.29, 1.82) is 0 Å². The maximum atomic E-state index is 6.71. The molecule has 0 fully saturated rings. The van der Waals surface area contributed by atoms with Crippen molar-refractivity contribution in [1.82, 2.24) is 9.13 Å². The topological polar surface area (TPSA) is 36.1 Å². The van der Waals surface area contributed by atoms with Gasteiger partial charge >= 0.3 is 0 Å². The molecule has 52 heavy (non-hydrogen) atoms. The Morgan fingerprint density at radius 2 is 0.904 bits per heavy atom. The minimum Gasteiger partial charge on any atom is -0.455 e. The third-order valence-corrected chi connectivity index (χ3v) is 10.9. The van der Waals surface area contributed by atoms with E-state index in [2.05, 4.69) is 161 Å². The van der Waals surface area contributed by atoms with E-state index in [1.54, 1.807) is 0 Å². The lowest BCUT2D eigenvalue weighted by atomic mass is 10.0. The van der Waals surface area contributed by atoms with Gasteiger partial charge in [-0.2, -0.15) is 0 Å². The van der Waals surface area contributed by atoms with E-state index < -0.39 is 0 Å². The lowest BCUT2D eigenvalue weighted by Crippen LogP contribution is -2.00. The molecule has 4 heterocycles. The summed E-state index contributed by atoms with van der Waals surface area (Å²) >= 11 is 0. The largest absolute Gasteiger partial charge is 0.455 e. The summed E-state index contributed by atoms with van der Waals surface area (Å²) in [5, 5.41) is 9.25. The van der Waals surface area contributed by atoms with Crippen LogP contribution in [0.1, 0.15) is 0 Å². The van der Waals surface area contributed by atoms with Crippen LogP contribution in [-0.2, 0) is 0 Å². The summed E-state index contributed by atoms with van der Waals surface area (Å²) in [5.74, 6) is 0. The minimum atomic E-state index is 0.897. The van der Waals surface area contributed by atoms with E-state index in [0.717, 1.165) is 88.2 Å². The van der Waals surface area contributed by atoms with Gasteiger partial charge in [0.1, 0.15) is 22.3 Å². The molecule has 0 aliphatic rings. The number of furan rings is 2. The molecule has 0 amide bonds. The van der Waals surface area contributed by atoms with E-state index in [0.29, 0.717) is 0 Å². The van der Waals surface area contributed by atoms with Gasteiger partial charge in [-0.25, -0.2) is 0 Å². The first-order valence-corrected chi connectivity index (χ1v) is 17.7. The average Bonchev–Trinajstić information content (AvgIpc) is 3.95. The molecule has 0 unspecified atom stereocenters. The van der Waals surface area contributed by atoms with Crippen molar-refractivity contribution in [2.45, 2.75) is 0 Å². The molecule has 0 aliphatic heterocycles. The van der Waals surface area contributed by atoms with Crippen LogP contribution in [-0.4, -0.2) is 9.13 Å². The molecule has 4 heteroatoms. The smallest absolute Gasteiger partial charge is 0.145 e. The van der Waals surface area contributed by atoms with Gasteiger partial charge in [0.15, 0.2) is 0 Å². The Hall–Kier alpha value is -7.04. The van der Waals surface area contributed by atoms with E-state index >= 15 is 0 Å². The van der Waals surface area contributed by atoms with E-state index in [9.17, 15) is 0 Å². The van der Waals surface area contributed by atoms with Gasteiger partial charge in [-0.3, -0.25) is 0 Å². The Labute approximate surface area is 296 Å². The molecular formula is C48H28N2O2. The van der Waals surface area contributed by atoms with Crippen molar-refractivity contribution < 1.29 is 8.83 Å². The van der Waals surface area contributed by atoms with Gasteiger partial charge < -0.3 is 18.0 Å². The zero-order valence-electron chi connectivity index (χ0n) is 27.9. The second kappa shape index (κ2) is 10.3. The number of benzene rings is 8. The standard InChI is InChI=1S/C48H28N2O2/c1-5-18-39-32(11-1)33-12-2-6-19-40(33)50(39)42-20-10-17-38-45-41(28-27-37-35-14-4-8-22-44(35)52-48(37)45)49(46(38)42)30-25-23-29(24-26-30)31-15-9-16-36-34-13-3-7-21-43(34)51-47(31)36/h1-28H. The van der Waals surface area contributed by atoms with Crippen molar-refractivity contribution in [2.75, 3.05) is 0 Å². The molecule has 0 N–H and O–H groups in total. The summed E-state index contributed by atoms with van der Waals surface area (Å²) in [6, 6.07) is 60.5. The summed E-state index contributed by atoms with van der Waals surface area (Å²) in [7, 11) is 0. The Bertz CT molecular complexity index is 3350. The zero-order valence-corrected chi connectivity index (χ0v) is 27.9. The van der Waals surface area contributed by atoms with Gasteiger partial charge in [-0.1, -0.05) is 115 Å². The lowest BCUT2D eigenvalue weighted by molar-refractivity contribution is 0.670. The third-order valence-electron chi connectivity index (χ3n) is 10.9. The Kier molecular flexibility index (Phi) is 5.47. The molecule has 242 valence electrons. The molecule has 0 atom stereocenters. The van der Waals surface area contributed by atoms with Crippen LogP contribution in [0.4, 0.5) is 0 Å². The summed E-state index contributed by atoms with van der Waals surface area (Å²) in [4.78, 5) is 0. The van der Waals surface area contributed by atoms with Crippen molar-refractivity contribution in [3.8, 4) is 22.5 Å². The molecule has 8 aromatic carbocycles. The van der Waals surface area contributed by atoms with Crippen LogP contribution in [0.25, 0.3) is 110 Å². The SMILES string of the molecule is c1ccc2c(c1)oc1c(-c3ccc(-n4c5ccc6c7ccccc7oc6c5c5cccc(-n6c7ccccc7c7ccccc76)c54)cc3)cccc12. The van der Waals surface area contributed by atoms with E-state index in [1.165, 1.54) is 21.8 Å². The maximum absolute atomic E-state index is 6.71. The highest BCUT2D eigenvalue weighted by Crippen LogP contribution is 2.44. The monoisotopic (exact) mass is 664 g/mol. The lowest BCUT2D eigenvalue weighted by Gasteiger charge is -2.15. The van der Waals surface area contributed by atoms with Crippen molar-refractivity contribution in [2.24, 2.45) is 0 Å². The zero-order chi connectivity index (χ0) is 33.9. The first-order valence-electron chi connectivity index (χ1n) is 17.7. The molecular weight excluding hydrogens is 637 g/mol. The van der Waals surface area contributed by atoms with Crippen LogP contribution in [0.3, 0.4) is 0 Å². The fourth-order valence-electron chi connectivity index (χ4n) is 8.71. The number of aromatic nitrogens is 2. The molecule has 0 radical (unpaired) electrons. The number of rotatable bonds is 3. The second-order valence-corrected chi connectivity index (χ2v) is 13.6. The summed E-state index contributed by atoms with van der Waals surface area (Å²) in [5.41, 5.74) is 12.6. The number of hydrogen-bond donors (Lipinski definition) is 0. The Morgan fingerprint density at radius 3 is 1.62 bits per heavy atom. The van der Waals surface area contributed by atoms with Crippen LogP contribution >= 0.6 is 0 Å². The fraction of sp³-hybridized carbons (Fsp3) is 0. The molecule has 0 bridgehead atoms. The molecule has 4 aromatic heterocycles. The quantitative estimate of drug-likeness (QED) is 0.188. The van der Waals surface area contributed by atoms with Gasteiger partial charge in [0.05, 0.1) is 33.1 Å². The normalized spacial score (nSPS) is 12.2. The molecule has 0 spiro atoms. The number of hydrogen-bond acceptors (Lipinski definition) is 2. The highest BCUT2D eigenvalue weighted by atomic mass is 16.3. The van der Waals surface area contributed by atoms with Crippen LogP contribution in [0, 0.1) is 0 Å². The van der Waals surface area contributed by atoms with Crippen LogP contribution < -0.4 is 0 Å². The molecule has 0 aliphatic carbocycles. The third kappa shape index (κ3) is 3.65. The minimum absolute atomic E-state index is 0.897.